The second-order valence-corrected chi connectivity index (χ2v) is 7.70. The van der Waals surface area contributed by atoms with E-state index in [-0.39, 0.29) is 17.9 Å². The van der Waals surface area contributed by atoms with Gasteiger partial charge < -0.3 is 4.57 Å². The molecule has 0 atom stereocenters. The number of imidazole rings is 2. The predicted molar refractivity (Wildman–Crippen MR) is 105 cm³/mol. The van der Waals surface area contributed by atoms with Gasteiger partial charge in [-0.25, -0.2) is 23.1 Å². The predicted octanol–water partition coefficient (Wildman–Crippen LogP) is 5.50. The Morgan fingerprint density at radius 3 is 2.60 bits per heavy atom. The summed E-state index contributed by atoms with van der Waals surface area (Å²) in [7, 11) is 0. The number of aromatic nitrogens is 4. The number of alkyl halides is 2. The molecule has 1 aliphatic rings. The Morgan fingerprint density at radius 2 is 1.90 bits per heavy atom. The summed E-state index contributed by atoms with van der Waals surface area (Å²) in [6, 6.07) is 9.43. The maximum atomic E-state index is 13.7. The number of halogens is 4. The van der Waals surface area contributed by atoms with Gasteiger partial charge in [0.1, 0.15) is 23.2 Å². The number of nitriles is 1. The highest BCUT2D eigenvalue weighted by Gasteiger charge is 2.47. The third kappa shape index (κ3) is 2.94. The fourth-order valence-electron chi connectivity index (χ4n) is 3.81. The standard InChI is InChI=1S/C21H13ClF3N5/c22-16-5-12(1-3-17(16)23)19-20(30(11-28-19)14-6-21(24,25)7-14)13-2-4-18-27-9-15(8-26)29(18)10-13/h1-5,9-11,14H,6-7H2. The maximum Gasteiger partial charge on any atom is 0.252 e. The fraction of sp³-hybridized carbons (Fsp3) is 0.190. The van der Waals surface area contributed by atoms with Crippen molar-refractivity contribution in [1.29, 1.82) is 5.26 Å². The van der Waals surface area contributed by atoms with Crippen molar-refractivity contribution in [2.24, 2.45) is 0 Å². The van der Waals surface area contributed by atoms with Crippen LogP contribution >= 0.6 is 11.6 Å². The van der Waals surface area contributed by atoms with Crippen LogP contribution < -0.4 is 0 Å². The first-order chi connectivity index (χ1) is 14.4. The lowest BCUT2D eigenvalue weighted by Gasteiger charge is -2.36. The minimum absolute atomic E-state index is 0.0556. The van der Waals surface area contributed by atoms with E-state index in [4.69, 9.17) is 11.6 Å². The van der Waals surface area contributed by atoms with Crippen LogP contribution in [-0.4, -0.2) is 24.9 Å². The first-order valence-corrected chi connectivity index (χ1v) is 9.52. The van der Waals surface area contributed by atoms with Gasteiger partial charge in [0, 0.05) is 36.2 Å². The molecule has 0 N–H and O–H groups in total. The lowest BCUT2D eigenvalue weighted by atomic mass is 9.87. The molecule has 9 heteroatoms. The Hall–Kier alpha value is -3.31. The normalized spacial score (nSPS) is 15.8. The number of benzene rings is 1. The molecule has 30 heavy (non-hydrogen) atoms. The molecule has 0 radical (unpaired) electrons. The number of hydrogen-bond acceptors (Lipinski definition) is 3. The Kier molecular flexibility index (Phi) is 4.12. The SMILES string of the molecule is N#Cc1cnc2ccc(-c3c(-c4ccc(F)c(Cl)c4)ncn3C3CC(F)(F)C3)cn12. The average Bonchev–Trinajstić information content (AvgIpc) is 3.31. The average molecular weight is 428 g/mol. The zero-order valence-electron chi connectivity index (χ0n) is 15.4. The molecule has 5 nitrogen and oxygen atoms in total. The van der Waals surface area contributed by atoms with Crippen LogP contribution in [0.2, 0.25) is 5.02 Å². The summed E-state index contributed by atoms with van der Waals surface area (Å²) in [5.74, 6) is -3.26. The minimum Gasteiger partial charge on any atom is -0.326 e. The third-order valence-corrected chi connectivity index (χ3v) is 5.63. The first-order valence-electron chi connectivity index (χ1n) is 9.14. The third-order valence-electron chi connectivity index (χ3n) is 5.34. The van der Waals surface area contributed by atoms with E-state index in [1.165, 1.54) is 24.7 Å². The van der Waals surface area contributed by atoms with E-state index in [1.807, 2.05) is 0 Å². The molecule has 4 aromatic rings. The van der Waals surface area contributed by atoms with E-state index in [0.29, 0.717) is 33.9 Å². The summed E-state index contributed by atoms with van der Waals surface area (Å²) in [4.78, 5) is 8.62. The molecule has 0 aliphatic heterocycles. The molecule has 1 fully saturated rings. The van der Waals surface area contributed by atoms with Crippen molar-refractivity contribution in [2.75, 3.05) is 0 Å². The van der Waals surface area contributed by atoms with Gasteiger partial charge in [-0.1, -0.05) is 11.6 Å². The molecule has 0 spiro atoms. The molecule has 0 saturated heterocycles. The molecular formula is C21H13ClF3N5. The van der Waals surface area contributed by atoms with Crippen LogP contribution in [0.1, 0.15) is 24.6 Å². The topological polar surface area (TPSA) is 58.9 Å². The van der Waals surface area contributed by atoms with Crippen LogP contribution in [0, 0.1) is 17.1 Å². The van der Waals surface area contributed by atoms with Crippen molar-refractivity contribution >= 4 is 17.2 Å². The van der Waals surface area contributed by atoms with E-state index >= 15 is 0 Å². The number of hydrogen-bond donors (Lipinski definition) is 0. The van der Waals surface area contributed by atoms with E-state index in [2.05, 4.69) is 16.0 Å². The fourth-order valence-corrected chi connectivity index (χ4v) is 3.99. The van der Waals surface area contributed by atoms with Crippen molar-refractivity contribution in [3.05, 3.63) is 65.6 Å². The molecule has 1 aromatic carbocycles. The number of nitrogens with zero attached hydrogens (tertiary/aromatic N) is 5. The molecule has 150 valence electrons. The summed E-state index contributed by atoms with van der Waals surface area (Å²) < 4.78 is 44.1. The molecule has 0 amide bonds. The number of pyridine rings is 1. The van der Waals surface area contributed by atoms with Crippen LogP contribution in [0.4, 0.5) is 13.2 Å². The molecule has 5 rings (SSSR count). The zero-order valence-corrected chi connectivity index (χ0v) is 16.1. The van der Waals surface area contributed by atoms with Gasteiger partial charge >= 0.3 is 0 Å². The van der Waals surface area contributed by atoms with Crippen LogP contribution in [0.25, 0.3) is 28.2 Å². The van der Waals surface area contributed by atoms with E-state index in [0.717, 1.165) is 0 Å². The monoisotopic (exact) mass is 427 g/mol. The van der Waals surface area contributed by atoms with Crippen molar-refractivity contribution in [1.82, 2.24) is 18.9 Å². The summed E-state index contributed by atoms with van der Waals surface area (Å²) in [5, 5.41) is 9.27. The second-order valence-electron chi connectivity index (χ2n) is 7.30. The Labute approximate surface area is 174 Å². The smallest absolute Gasteiger partial charge is 0.252 e. The summed E-state index contributed by atoms with van der Waals surface area (Å²) in [6.45, 7) is 0. The van der Waals surface area contributed by atoms with Gasteiger partial charge in [-0.3, -0.25) is 4.40 Å². The molecule has 1 aliphatic carbocycles. The van der Waals surface area contributed by atoms with E-state index < -0.39 is 17.8 Å². The van der Waals surface area contributed by atoms with Gasteiger partial charge in [-0.05, 0) is 30.3 Å². The van der Waals surface area contributed by atoms with Gasteiger partial charge in [0.15, 0.2) is 0 Å². The van der Waals surface area contributed by atoms with E-state index in [9.17, 15) is 18.4 Å². The first kappa shape index (κ1) is 18.7. The molecule has 3 heterocycles. The largest absolute Gasteiger partial charge is 0.326 e. The van der Waals surface area contributed by atoms with Crippen LogP contribution in [0.15, 0.2) is 49.1 Å². The van der Waals surface area contributed by atoms with Gasteiger partial charge in [0.2, 0.25) is 0 Å². The van der Waals surface area contributed by atoms with Gasteiger partial charge in [-0.15, -0.1) is 0 Å². The minimum atomic E-state index is -2.70. The second kappa shape index (κ2) is 6.61. The van der Waals surface area contributed by atoms with E-state index in [1.54, 1.807) is 33.4 Å². The van der Waals surface area contributed by atoms with Crippen LogP contribution in [0.3, 0.4) is 0 Å². The summed E-state index contributed by atoms with van der Waals surface area (Å²) in [5.41, 5.74) is 3.25. The van der Waals surface area contributed by atoms with Gasteiger partial charge in [0.05, 0.1) is 28.9 Å². The van der Waals surface area contributed by atoms with Crippen molar-refractivity contribution < 1.29 is 13.2 Å². The van der Waals surface area contributed by atoms with Crippen molar-refractivity contribution in [2.45, 2.75) is 24.8 Å². The molecule has 3 aromatic heterocycles. The lowest BCUT2D eigenvalue weighted by molar-refractivity contribution is -0.103. The van der Waals surface area contributed by atoms with Crippen molar-refractivity contribution in [3.63, 3.8) is 0 Å². The lowest BCUT2D eigenvalue weighted by Crippen LogP contribution is -2.37. The highest BCUT2D eigenvalue weighted by molar-refractivity contribution is 6.31. The van der Waals surface area contributed by atoms with Crippen molar-refractivity contribution in [3.8, 4) is 28.6 Å². The number of rotatable bonds is 3. The highest BCUT2D eigenvalue weighted by Crippen LogP contribution is 2.48. The molecule has 1 saturated carbocycles. The Bertz CT molecular complexity index is 1330. The molecule has 0 bridgehead atoms. The maximum absolute atomic E-state index is 13.7. The molecule has 0 unspecified atom stereocenters. The summed E-state index contributed by atoms with van der Waals surface area (Å²) in [6.07, 6.45) is 4.14. The number of fused-ring (bicyclic) bond motifs is 1. The zero-order chi connectivity index (χ0) is 21.0. The molecular weight excluding hydrogens is 415 g/mol. The van der Waals surface area contributed by atoms with Gasteiger partial charge in [-0.2, -0.15) is 5.26 Å². The quantitative estimate of drug-likeness (QED) is 0.434. The van der Waals surface area contributed by atoms with Gasteiger partial charge in [0.25, 0.3) is 5.92 Å². The Balaban J connectivity index is 1.71. The van der Waals surface area contributed by atoms with Crippen LogP contribution in [-0.2, 0) is 0 Å². The Morgan fingerprint density at radius 1 is 1.13 bits per heavy atom. The van der Waals surface area contributed by atoms with Crippen LogP contribution in [0.5, 0.6) is 0 Å². The highest BCUT2D eigenvalue weighted by atomic mass is 35.5. The summed E-state index contributed by atoms with van der Waals surface area (Å²) >= 11 is 5.95.